The lowest BCUT2D eigenvalue weighted by atomic mass is 10.1. The van der Waals surface area contributed by atoms with E-state index in [4.69, 9.17) is 0 Å². The standard InChI is InChI=1S/C27H38N2O2S/c1-6-25(27(31)28-17-20(2)3)29(13-12-23-10-8-7-9-11-23)26(30)19-32-18-24-15-21(4)14-22(5)16-24/h7-11,14-16,20,25H,6,12-13,17-19H2,1-5H3,(H,28,31)/t25-/m1/s1. The third-order valence-corrected chi connectivity index (χ3v) is 6.32. The predicted molar refractivity (Wildman–Crippen MR) is 136 cm³/mol. The molecule has 0 spiro atoms. The van der Waals surface area contributed by atoms with Crippen molar-refractivity contribution in [3.05, 3.63) is 70.8 Å². The van der Waals surface area contributed by atoms with Crippen molar-refractivity contribution < 1.29 is 9.59 Å². The van der Waals surface area contributed by atoms with Crippen LogP contribution in [-0.2, 0) is 21.8 Å². The van der Waals surface area contributed by atoms with Crippen LogP contribution in [0.4, 0.5) is 0 Å². The molecule has 0 aromatic heterocycles. The first-order valence-electron chi connectivity index (χ1n) is 11.6. The Labute approximate surface area is 198 Å². The first kappa shape index (κ1) is 26.0. The van der Waals surface area contributed by atoms with Gasteiger partial charge in [0.05, 0.1) is 5.75 Å². The molecule has 2 aromatic carbocycles. The Morgan fingerprint density at radius 1 is 1.00 bits per heavy atom. The number of hydrogen-bond donors (Lipinski definition) is 1. The van der Waals surface area contributed by atoms with Gasteiger partial charge in [0.25, 0.3) is 0 Å². The molecular weight excluding hydrogens is 416 g/mol. The zero-order chi connectivity index (χ0) is 23.5. The Hall–Kier alpha value is -2.27. The van der Waals surface area contributed by atoms with Crippen molar-refractivity contribution in [2.24, 2.45) is 5.92 Å². The lowest BCUT2D eigenvalue weighted by molar-refractivity contribution is -0.138. The van der Waals surface area contributed by atoms with Gasteiger partial charge in [-0.2, -0.15) is 0 Å². The second-order valence-electron chi connectivity index (χ2n) is 8.87. The van der Waals surface area contributed by atoms with E-state index < -0.39 is 6.04 Å². The number of carbonyl (C=O) groups excluding carboxylic acids is 2. The maximum Gasteiger partial charge on any atom is 0.242 e. The van der Waals surface area contributed by atoms with Crippen molar-refractivity contribution in [1.82, 2.24) is 10.2 Å². The fourth-order valence-corrected chi connectivity index (χ4v) is 4.65. The fourth-order valence-electron chi connectivity index (χ4n) is 3.81. The Kier molecular flexibility index (Phi) is 10.8. The molecule has 0 saturated carbocycles. The van der Waals surface area contributed by atoms with E-state index in [1.54, 1.807) is 16.7 Å². The van der Waals surface area contributed by atoms with Crippen LogP contribution in [0.2, 0.25) is 0 Å². The van der Waals surface area contributed by atoms with Gasteiger partial charge in [0.15, 0.2) is 0 Å². The summed E-state index contributed by atoms with van der Waals surface area (Å²) >= 11 is 1.62. The van der Waals surface area contributed by atoms with E-state index in [9.17, 15) is 9.59 Å². The first-order chi connectivity index (χ1) is 15.3. The third-order valence-electron chi connectivity index (χ3n) is 5.33. The van der Waals surface area contributed by atoms with Crippen molar-refractivity contribution in [2.45, 2.75) is 59.3 Å². The van der Waals surface area contributed by atoms with E-state index in [0.717, 1.165) is 12.2 Å². The molecule has 0 radical (unpaired) electrons. The largest absolute Gasteiger partial charge is 0.354 e. The molecule has 1 N–H and O–H groups in total. The van der Waals surface area contributed by atoms with E-state index in [1.807, 2.05) is 25.1 Å². The fraction of sp³-hybridized carbons (Fsp3) is 0.481. The number of hydrogen-bond acceptors (Lipinski definition) is 3. The molecular formula is C27H38N2O2S. The van der Waals surface area contributed by atoms with Crippen molar-refractivity contribution in [3.8, 4) is 0 Å². The Balaban J connectivity index is 2.06. The number of nitrogens with zero attached hydrogens (tertiary/aromatic N) is 1. The first-order valence-corrected chi connectivity index (χ1v) is 12.7. The number of rotatable bonds is 12. The molecule has 32 heavy (non-hydrogen) atoms. The van der Waals surface area contributed by atoms with Gasteiger partial charge in [-0.05, 0) is 43.7 Å². The van der Waals surface area contributed by atoms with Crippen LogP contribution in [0.3, 0.4) is 0 Å². The summed E-state index contributed by atoms with van der Waals surface area (Å²) in [5.74, 6) is 1.51. The summed E-state index contributed by atoms with van der Waals surface area (Å²) in [5, 5.41) is 3.02. The number of aryl methyl sites for hydroxylation is 2. The summed E-state index contributed by atoms with van der Waals surface area (Å²) < 4.78 is 0. The summed E-state index contributed by atoms with van der Waals surface area (Å²) in [5.41, 5.74) is 4.89. The zero-order valence-corrected chi connectivity index (χ0v) is 21.0. The second-order valence-corrected chi connectivity index (χ2v) is 9.86. The Morgan fingerprint density at radius 2 is 1.66 bits per heavy atom. The maximum absolute atomic E-state index is 13.3. The van der Waals surface area contributed by atoms with Crippen LogP contribution in [0.15, 0.2) is 48.5 Å². The molecule has 0 aliphatic carbocycles. The highest BCUT2D eigenvalue weighted by atomic mass is 32.2. The van der Waals surface area contributed by atoms with Crippen LogP contribution in [0, 0.1) is 19.8 Å². The van der Waals surface area contributed by atoms with Gasteiger partial charge in [-0.25, -0.2) is 0 Å². The van der Waals surface area contributed by atoms with E-state index >= 15 is 0 Å². The quantitative estimate of drug-likeness (QED) is 0.482. The summed E-state index contributed by atoms with van der Waals surface area (Å²) in [7, 11) is 0. The Bertz CT molecular complexity index is 847. The number of nitrogens with one attached hydrogen (secondary N) is 1. The molecule has 0 fully saturated rings. The molecule has 2 rings (SSSR count). The molecule has 0 aliphatic heterocycles. The predicted octanol–water partition coefficient (Wildman–Crippen LogP) is 5.16. The van der Waals surface area contributed by atoms with Crippen LogP contribution in [0.25, 0.3) is 0 Å². The van der Waals surface area contributed by atoms with Crippen LogP contribution in [-0.4, -0.2) is 41.6 Å². The molecule has 2 aromatic rings. The lowest BCUT2D eigenvalue weighted by Crippen LogP contribution is -2.51. The van der Waals surface area contributed by atoms with E-state index in [1.165, 1.54) is 22.3 Å². The summed E-state index contributed by atoms with van der Waals surface area (Å²) in [6, 6.07) is 16.2. The normalized spacial score (nSPS) is 11.9. The molecule has 174 valence electrons. The van der Waals surface area contributed by atoms with E-state index in [-0.39, 0.29) is 11.8 Å². The molecule has 1 atom stereocenters. The Morgan fingerprint density at radius 3 is 2.25 bits per heavy atom. The lowest BCUT2D eigenvalue weighted by Gasteiger charge is -2.31. The molecule has 0 heterocycles. The average Bonchev–Trinajstić information content (AvgIpc) is 2.75. The molecule has 0 aliphatic rings. The van der Waals surface area contributed by atoms with Gasteiger partial charge < -0.3 is 10.2 Å². The van der Waals surface area contributed by atoms with Gasteiger partial charge in [-0.15, -0.1) is 11.8 Å². The van der Waals surface area contributed by atoms with Crippen molar-refractivity contribution >= 4 is 23.6 Å². The van der Waals surface area contributed by atoms with Crippen molar-refractivity contribution in [2.75, 3.05) is 18.8 Å². The minimum atomic E-state index is -0.438. The van der Waals surface area contributed by atoms with Gasteiger partial charge in [-0.1, -0.05) is 80.4 Å². The monoisotopic (exact) mass is 454 g/mol. The molecule has 2 amide bonds. The van der Waals surface area contributed by atoms with Gasteiger partial charge in [-0.3, -0.25) is 9.59 Å². The van der Waals surface area contributed by atoms with E-state index in [2.05, 4.69) is 63.3 Å². The van der Waals surface area contributed by atoms with E-state index in [0.29, 0.717) is 31.2 Å². The van der Waals surface area contributed by atoms with Crippen LogP contribution < -0.4 is 5.32 Å². The third kappa shape index (κ3) is 8.70. The summed E-state index contributed by atoms with van der Waals surface area (Å²) in [4.78, 5) is 27.9. The van der Waals surface area contributed by atoms with Crippen LogP contribution >= 0.6 is 11.8 Å². The highest BCUT2D eigenvalue weighted by Gasteiger charge is 2.28. The highest BCUT2D eigenvalue weighted by Crippen LogP contribution is 2.18. The molecule has 0 unspecified atom stereocenters. The number of amides is 2. The minimum Gasteiger partial charge on any atom is -0.354 e. The minimum absolute atomic E-state index is 0.0295. The zero-order valence-electron chi connectivity index (χ0n) is 20.2. The van der Waals surface area contributed by atoms with Gasteiger partial charge in [0, 0.05) is 18.8 Å². The topological polar surface area (TPSA) is 49.4 Å². The number of carbonyl (C=O) groups is 2. The number of thioether (sulfide) groups is 1. The summed E-state index contributed by atoms with van der Waals surface area (Å²) in [6.07, 6.45) is 1.34. The maximum atomic E-state index is 13.3. The van der Waals surface area contributed by atoms with Gasteiger partial charge in [0.2, 0.25) is 11.8 Å². The van der Waals surface area contributed by atoms with Gasteiger partial charge >= 0.3 is 0 Å². The number of benzene rings is 2. The van der Waals surface area contributed by atoms with Crippen LogP contribution in [0.5, 0.6) is 0 Å². The smallest absolute Gasteiger partial charge is 0.242 e. The van der Waals surface area contributed by atoms with Gasteiger partial charge in [0.1, 0.15) is 6.04 Å². The van der Waals surface area contributed by atoms with Crippen LogP contribution in [0.1, 0.15) is 49.4 Å². The summed E-state index contributed by atoms with van der Waals surface area (Å²) in [6.45, 7) is 11.5. The molecule has 5 heteroatoms. The molecule has 0 saturated heterocycles. The van der Waals surface area contributed by atoms with Crippen molar-refractivity contribution in [3.63, 3.8) is 0 Å². The SMILES string of the molecule is CC[C@H](C(=O)NCC(C)C)N(CCc1ccccc1)C(=O)CSCc1cc(C)cc(C)c1. The second kappa shape index (κ2) is 13.3. The molecule has 4 nitrogen and oxygen atoms in total. The average molecular weight is 455 g/mol. The van der Waals surface area contributed by atoms with Crippen molar-refractivity contribution in [1.29, 1.82) is 0 Å². The highest BCUT2D eigenvalue weighted by molar-refractivity contribution is 7.99. The molecule has 0 bridgehead atoms.